The molecule has 3 nitrogen and oxygen atoms in total. The van der Waals surface area contributed by atoms with Crippen LogP contribution in [-0.2, 0) is 0 Å². The first kappa shape index (κ1) is 13.7. The fraction of sp³-hybridized carbons (Fsp3) is 0.143. The highest BCUT2D eigenvalue weighted by atomic mass is 32.3. The molecule has 0 fully saturated rings. The molecule has 0 aliphatic carbocycles. The molecule has 0 aromatic heterocycles. The number of hydrogen-bond acceptors (Lipinski definition) is 3. The molecular formula is C14H17FN2OS. The van der Waals surface area contributed by atoms with Gasteiger partial charge < -0.3 is 15.0 Å². The van der Waals surface area contributed by atoms with Gasteiger partial charge in [0.2, 0.25) is 0 Å². The summed E-state index contributed by atoms with van der Waals surface area (Å²) in [5.41, 5.74) is 6.99. The van der Waals surface area contributed by atoms with E-state index < -0.39 is 10.5 Å². The molecule has 0 aliphatic heterocycles. The van der Waals surface area contributed by atoms with E-state index in [0.717, 1.165) is 4.90 Å². The van der Waals surface area contributed by atoms with Crippen LogP contribution in [0.3, 0.4) is 0 Å². The summed E-state index contributed by atoms with van der Waals surface area (Å²) in [6.07, 6.45) is 0. The van der Waals surface area contributed by atoms with Gasteiger partial charge in [0.1, 0.15) is 5.82 Å². The average molecular weight is 280 g/mol. The topological polar surface area (TPSA) is 58.3 Å². The minimum absolute atomic E-state index is 0.298. The second-order valence-corrected chi connectivity index (χ2v) is 6.83. The van der Waals surface area contributed by atoms with Crippen molar-refractivity contribution >= 4 is 21.9 Å². The normalized spacial score (nSPS) is 15.5. The maximum Gasteiger partial charge on any atom is 0.123 e. The minimum atomic E-state index is -2.17. The Kier molecular flexibility index (Phi) is 3.97. The van der Waals surface area contributed by atoms with Gasteiger partial charge in [-0.15, -0.1) is 0 Å². The summed E-state index contributed by atoms with van der Waals surface area (Å²) in [4.78, 5) is 0.800. The highest BCUT2D eigenvalue weighted by Crippen LogP contribution is 2.51. The van der Waals surface area contributed by atoms with E-state index in [1.807, 2.05) is 19.1 Å². The van der Waals surface area contributed by atoms with Gasteiger partial charge in [0.05, 0.1) is 0 Å². The quantitative estimate of drug-likeness (QED) is 0.739. The third kappa shape index (κ3) is 3.19. The number of benzene rings is 2. The number of rotatable bonds is 4. The number of nitrogens with one attached hydrogen (secondary N) is 1. The molecule has 0 saturated heterocycles. The summed E-state index contributed by atoms with van der Waals surface area (Å²) in [6.45, 7) is 1.90. The third-order valence-corrected chi connectivity index (χ3v) is 5.28. The number of anilines is 2. The van der Waals surface area contributed by atoms with E-state index in [0.29, 0.717) is 17.1 Å². The Labute approximate surface area is 113 Å². The van der Waals surface area contributed by atoms with Crippen molar-refractivity contribution < 1.29 is 8.94 Å². The largest absolute Gasteiger partial charge is 0.399 e. The van der Waals surface area contributed by atoms with Crippen LogP contribution in [0.25, 0.3) is 0 Å². The maximum atomic E-state index is 12.9. The molecule has 102 valence electrons. The van der Waals surface area contributed by atoms with E-state index in [1.54, 1.807) is 24.3 Å². The SMILES string of the molecule is CCS(O)(Nc1ccc(F)cc1)c1ccc(N)cc1. The van der Waals surface area contributed by atoms with Crippen LogP contribution in [0.4, 0.5) is 15.8 Å². The molecule has 19 heavy (non-hydrogen) atoms. The maximum absolute atomic E-state index is 12.9. The molecule has 4 N–H and O–H groups in total. The van der Waals surface area contributed by atoms with Crippen LogP contribution in [0.5, 0.6) is 0 Å². The third-order valence-electron chi connectivity index (χ3n) is 2.82. The first-order valence-electron chi connectivity index (χ1n) is 5.96. The average Bonchev–Trinajstić information content (AvgIpc) is 2.42. The Bertz CT molecular complexity index is 544. The summed E-state index contributed by atoms with van der Waals surface area (Å²) < 4.78 is 26.7. The van der Waals surface area contributed by atoms with Gasteiger partial charge in [-0.05, 0) is 59.0 Å². The molecule has 0 aliphatic rings. The molecule has 0 radical (unpaired) electrons. The van der Waals surface area contributed by atoms with Gasteiger partial charge >= 0.3 is 0 Å². The van der Waals surface area contributed by atoms with E-state index >= 15 is 0 Å². The van der Waals surface area contributed by atoms with Crippen molar-refractivity contribution in [1.82, 2.24) is 0 Å². The molecule has 0 spiro atoms. The van der Waals surface area contributed by atoms with Crippen LogP contribution in [0, 0.1) is 5.82 Å². The van der Waals surface area contributed by atoms with Gasteiger partial charge in [0, 0.05) is 22.0 Å². The van der Waals surface area contributed by atoms with Crippen molar-refractivity contribution in [2.24, 2.45) is 0 Å². The lowest BCUT2D eigenvalue weighted by Crippen LogP contribution is -2.13. The zero-order chi connectivity index (χ0) is 13.9. The predicted molar refractivity (Wildman–Crippen MR) is 79.9 cm³/mol. The molecular weight excluding hydrogens is 263 g/mol. The van der Waals surface area contributed by atoms with Crippen LogP contribution in [-0.4, -0.2) is 10.3 Å². The van der Waals surface area contributed by atoms with Gasteiger partial charge in [-0.3, -0.25) is 0 Å². The first-order chi connectivity index (χ1) is 9.03. The number of nitrogen functional groups attached to an aromatic ring is 1. The van der Waals surface area contributed by atoms with Crippen LogP contribution < -0.4 is 10.5 Å². The van der Waals surface area contributed by atoms with Crippen molar-refractivity contribution in [3.63, 3.8) is 0 Å². The zero-order valence-electron chi connectivity index (χ0n) is 10.6. The summed E-state index contributed by atoms with van der Waals surface area (Å²) in [6, 6.07) is 13.1. The molecule has 2 rings (SSSR count). The summed E-state index contributed by atoms with van der Waals surface area (Å²) in [5.74, 6) is 0.252. The van der Waals surface area contributed by atoms with Crippen LogP contribution in [0.15, 0.2) is 53.4 Å². The second-order valence-electron chi connectivity index (χ2n) is 4.17. The van der Waals surface area contributed by atoms with Gasteiger partial charge in [-0.2, -0.15) is 0 Å². The van der Waals surface area contributed by atoms with Crippen LogP contribution in [0.1, 0.15) is 6.92 Å². The smallest absolute Gasteiger partial charge is 0.123 e. The van der Waals surface area contributed by atoms with Gasteiger partial charge in [-0.25, -0.2) is 4.39 Å². The lowest BCUT2D eigenvalue weighted by atomic mass is 10.3. The predicted octanol–water partition coefficient (Wildman–Crippen LogP) is 4.09. The van der Waals surface area contributed by atoms with E-state index in [9.17, 15) is 8.94 Å². The van der Waals surface area contributed by atoms with E-state index in [1.165, 1.54) is 12.1 Å². The Morgan fingerprint density at radius 3 is 2.21 bits per heavy atom. The Morgan fingerprint density at radius 2 is 1.68 bits per heavy atom. The van der Waals surface area contributed by atoms with Crippen LogP contribution >= 0.6 is 10.5 Å². The number of hydrogen-bond donors (Lipinski definition) is 3. The van der Waals surface area contributed by atoms with Crippen molar-refractivity contribution in [3.05, 3.63) is 54.3 Å². The van der Waals surface area contributed by atoms with E-state index in [4.69, 9.17) is 5.73 Å². The Hall–Kier alpha value is -1.72. The van der Waals surface area contributed by atoms with Crippen molar-refractivity contribution in [1.29, 1.82) is 0 Å². The molecule has 5 heteroatoms. The lowest BCUT2D eigenvalue weighted by molar-refractivity contribution is 0.626. The highest BCUT2D eigenvalue weighted by molar-refractivity contribution is 8.30. The van der Waals surface area contributed by atoms with Crippen molar-refractivity contribution in [2.45, 2.75) is 11.8 Å². The van der Waals surface area contributed by atoms with Gasteiger partial charge in [0.25, 0.3) is 0 Å². The molecule has 0 bridgehead atoms. The summed E-state index contributed by atoms with van der Waals surface area (Å²) >= 11 is 0. The molecule has 0 heterocycles. The lowest BCUT2D eigenvalue weighted by Gasteiger charge is -2.35. The van der Waals surface area contributed by atoms with E-state index in [-0.39, 0.29) is 5.82 Å². The fourth-order valence-electron chi connectivity index (χ4n) is 1.70. The molecule has 2 aromatic rings. The molecule has 0 saturated carbocycles. The second kappa shape index (κ2) is 5.50. The molecule has 1 unspecified atom stereocenters. The Balaban J connectivity index is 2.27. The summed E-state index contributed by atoms with van der Waals surface area (Å²) in [5, 5.41) is 0. The highest BCUT2D eigenvalue weighted by Gasteiger charge is 2.20. The number of halogens is 1. The molecule has 0 amide bonds. The van der Waals surface area contributed by atoms with E-state index in [2.05, 4.69) is 4.72 Å². The van der Waals surface area contributed by atoms with Gasteiger partial charge in [0.15, 0.2) is 0 Å². The monoisotopic (exact) mass is 280 g/mol. The van der Waals surface area contributed by atoms with Crippen LogP contribution in [0.2, 0.25) is 0 Å². The van der Waals surface area contributed by atoms with Gasteiger partial charge in [-0.1, -0.05) is 6.92 Å². The van der Waals surface area contributed by atoms with Crippen molar-refractivity contribution in [3.8, 4) is 0 Å². The Morgan fingerprint density at radius 1 is 1.11 bits per heavy atom. The zero-order valence-corrected chi connectivity index (χ0v) is 11.5. The standard InChI is InChI=1S/C14H17FN2OS/c1-2-19(18,14-9-5-12(16)6-10-14)17-13-7-3-11(15)4-8-13/h3-10,17-18H,2,16H2,1H3. The minimum Gasteiger partial charge on any atom is -0.399 e. The first-order valence-corrected chi connectivity index (χ1v) is 7.72. The number of nitrogens with two attached hydrogens (primary N) is 1. The van der Waals surface area contributed by atoms with Crippen molar-refractivity contribution in [2.75, 3.05) is 16.2 Å². The summed E-state index contributed by atoms with van der Waals surface area (Å²) in [7, 11) is -2.17. The fourth-order valence-corrected chi connectivity index (χ4v) is 3.41. The molecule has 1 atom stereocenters. The molecule has 2 aromatic carbocycles.